The van der Waals surface area contributed by atoms with Crippen molar-refractivity contribution in [3.8, 4) is 6.07 Å². The van der Waals surface area contributed by atoms with Gasteiger partial charge in [0.15, 0.2) is 0 Å². The summed E-state index contributed by atoms with van der Waals surface area (Å²) in [4.78, 5) is 0. The number of rotatable bonds is 7. The molecule has 2 unspecified atom stereocenters. The fourth-order valence-corrected chi connectivity index (χ4v) is 3.16. The molecule has 7 heteroatoms. The first-order valence-corrected chi connectivity index (χ1v) is 8.19. The summed E-state index contributed by atoms with van der Waals surface area (Å²) < 4.78 is 25.9. The Morgan fingerprint density at radius 2 is 2.00 bits per heavy atom. The van der Waals surface area contributed by atoms with Crippen LogP contribution in [0.2, 0.25) is 5.02 Å². The second-order valence-corrected chi connectivity index (χ2v) is 6.79. The van der Waals surface area contributed by atoms with Crippen molar-refractivity contribution in [2.45, 2.75) is 31.9 Å². The van der Waals surface area contributed by atoms with Gasteiger partial charge in [0.25, 0.3) is 0 Å². The predicted octanol–water partition coefficient (Wildman–Crippen LogP) is 1.99. The molecule has 0 saturated heterocycles. The van der Waals surface area contributed by atoms with Gasteiger partial charge in [0, 0.05) is 17.5 Å². The van der Waals surface area contributed by atoms with Crippen LogP contribution in [0.4, 0.5) is 0 Å². The molecule has 0 aromatic heterocycles. The smallest absolute Gasteiger partial charge is 0.211 e. The quantitative estimate of drug-likeness (QED) is 0.753. The van der Waals surface area contributed by atoms with E-state index in [-0.39, 0.29) is 18.6 Å². The molecule has 0 radical (unpaired) electrons. The number of hydrogen-bond donors (Lipinski definition) is 2. The third kappa shape index (κ3) is 5.47. The number of nitrogens with zero attached hydrogens (tertiary/aromatic N) is 1. The third-order valence-electron chi connectivity index (χ3n) is 2.75. The number of hydrogen-bond acceptors (Lipinski definition) is 4. The van der Waals surface area contributed by atoms with Crippen molar-refractivity contribution >= 4 is 21.6 Å². The molecule has 0 saturated carbocycles. The number of aliphatic hydroxyl groups excluding tert-OH is 1. The summed E-state index contributed by atoms with van der Waals surface area (Å²) in [5, 5.41) is 19.0. The molecule has 20 heavy (non-hydrogen) atoms. The number of nitriles is 1. The molecule has 1 aromatic rings. The van der Waals surface area contributed by atoms with Crippen molar-refractivity contribution in [1.82, 2.24) is 4.72 Å². The van der Waals surface area contributed by atoms with Gasteiger partial charge in [-0.3, -0.25) is 0 Å². The Kier molecular flexibility index (Phi) is 6.43. The standard InChI is InChI=1S/C13H17ClN2O3S/c1-10(16-20(18,19)9-3-2-8-15)13(17)11-4-6-12(14)7-5-11/h4-7,10,13,16-17H,2-3,9H2,1H3. The summed E-state index contributed by atoms with van der Waals surface area (Å²) in [5.41, 5.74) is 0.585. The molecule has 2 atom stereocenters. The van der Waals surface area contributed by atoms with Crippen molar-refractivity contribution in [3.63, 3.8) is 0 Å². The van der Waals surface area contributed by atoms with Crippen LogP contribution in [0.1, 0.15) is 31.4 Å². The summed E-state index contributed by atoms with van der Waals surface area (Å²) in [6, 6.07) is 7.79. The molecule has 0 aliphatic carbocycles. The van der Waals surface area contributed by atoms with E-state index in [0.29, 0.717) is 10.6 Å². The average Bonchev–Trinajstić information content (AvgIpc) is 2.38. The van der Waals surface area contributed by atoms with Gasteiger partial charge in [0.05, 0.1) is 17.9 Å². The van der Waals surface area contributed by atoms with E-state index < -0.39 is 22.2 Å². The van der Waals surface area contributed by atoms with Gasteiger partial charge in [-0.2, -0.15) is 5.26 Å². The zero-order valence-electron chi connectivity index (χ0n) is 11.1. The van der Waals surface area contributed by atoms with Gasteiger partial charge in [-0.15, -0.1) is 0 Å². The lowest BCUT2D eigenvalue weighted by atomic mass is 10.0. The highest BCUT2D eigenvalue weighted by Gasteiger charge is 2.21. The second-order valence-electron chi connectivity index (χ2n) is 4.48. The monoisotopic (exact) mass is 316 g/mol. The highest BCUT2D eigenvalue weighted by atomic mass is 35.5. The van der Waals surface area contributed by atoms with Gasteiger partial charge in [-0.1, -0.05) is 23.7 Å². The lowest BCUT2D eigenvalue weighted by molar-refractivity contribution is 0.146. The van der Waals surface area contributed by atoms with Crippen LogP contribution in [0.3, 0.4) is 0 Å². The van der Waals surface area contributed by atoms with E-state index in [2.05, 4.69) is 4.72 Å². The van der Waals surface area contributed by atoms with Crippen LogP contribution in [-0.2, 0) is 10.0 Å². The van der Waals surface area contributed by atoms with Gasteiger partial charge in [-0.25, -0.2) is 13.1 Å². The summed E-state index contributed by atoms with van der Waals surface area (Å²) in [7, 11) is -3.50. The Hall–Kier alpha value is -1.13. The van der Waals surface area contributed by atoms with E-state index in [1.54, 1.807) is 31.2 Å². The highest BCUT2D eigenvalue weighted by Crippen LogP contribution is 2.19. The van der Waals surface area contributed by atoms with Crippen molar-refractivity contribution < 1.29 is 13.5 Å². The van der Waals surface area contributed by atoms with Crippen LogP contribution >= 0.6 is 11.6 Å². The molecular weight excluding hydrogens is 300 g/mol. The molecule has 0 aliphatic heterocycles. The number of halogens is 1. The maximum absolute atomic E-state index is 11.8. The Morgan fingerprint density at radius 3 is 2.55 bits per heavy atom. The molecule has 0 bridgehead atoms. The van der Waals surface area contributed by atoms with E-state index >= 15 is 0 Å². The van der Waals surface area contributed by atoms with E-state index in [1.807, 2.05) is 6.07 Å². The Morgan fingerprint density at radius 1 is 1.40 bits per heavy atom. The summed E-state index contributed by atoms with van der Waals surface area (Å²) >= 11 is 5.75. The van der Waals surface area contributed by atoms with Crippen molar-refractivity contribution in [2.75, 3.05) is 5.75 Å². The van der Waals surface area contributed by atoms with Crippen LogP contribution < -0.4 is 4.72 Å². The molecule has 110 valence electrons. The number of sulfonamides is 1. The van der Waals surface area contributed by atoms with E-state index in [1.165, 1.54) is 0 Å². The average molecular weight is 317 g/mol. The molecule has 0 amide bonds. The van der Waals surface area contributed by atoms with E-state index in [9.17, 15) is 13.5 Å². The molecule has 5 nitrogen and oxygen atoms in total. The number of benzene rings is 1. The lowest BCUT2D eigenvalue weighted by Gasteiger charge is -2.20. The fraction of sp³-hybridized carbons (Fsp3) is 0.462. The number of unbranched alkanes of at least 4 members (excludes halogenated alkanes) is 1. The van der Waals surface area contributed by atoms with Gasteiger partial charge < -0.3 is 5.11 Å². The van der Waals surface area contributed by atoms with Crippen molar-refractivity contribution in [1.29, 1.82) is 5.26 Å². The second kappa shape index (κ2) is 7.60. The van der Waals surface area contributed by atoms with E-state index in [0.717, 1.165) is 0 Å². The first-order chi connectivity index (χ1) is 9.35. The molecular formula is C13H17ClN2O3S. The summed E-state index contributed by atoms with van der Waals surface area (Å²) in [5.74, 6) is -0.127. The van der Waals surface area contributed by atoms with Crippen LogP contribution in [0, 0.1) is 11.3 Å². The molecule has 2 N–H and O–H groups in total. The molecule has 0 spiro atoms. The van der Waals surface area contributed by atoms with Crippen LogP contribution in [0.25, 0.3) is 0 Å². The first-order valence-electron chi connectivity index (χ1n) is 6.16. The summed E-state index contributed by atoms with van der Waals surface area (Å²) in [6.07, 6.45) is -0.497. The van der Waals surface area contributed by atoms with E-state index in [4.69, 9.17) is 16.9 Å². The maximum Gasteiger partial charge on any atom is 0.211 e. The minimum atomic E-state index is -3.50. The zero-order valence-corrected chi connectivity index (χ0v) is 12.7. The SMILES string of the molecule is CC(NS(=O)(=O)CCCC#N)C(O)c1ccc(Cl)cc1. The lowest BCUT2D eigenvalue weighted by Crippen LogP contribution is -2.38. The molecule has 0 heterocycles. The molecule has 1 rings (SSSR count). The van der Waals surface area contributed by atoms with Crippen molar-refractivity contribution in [3.05, 3.63) is 34.9 Å². The topological polar surface area (TPSA) is 90.2 Å². The largest absolute Gasteiger partial charge is 0.387 e. The molecule has 1 aromatic carbocycles. The van der Waals surface area contributed by atoms with Crippen LogP contribution in [0.15, 0.2) is 24.3 Å². The number of nitrogens with one attached hydrogen (secondary N) is 1. The fourth-order valence-electron chi connectivity index (χ4n) is 1.70. The van der Waals surface area contributed by atoms with Crippen LogP contribution in [-0.4, -0.2) is 25.3 Å². The summed E-state index contributed by atoms with van der Waals surface area (Å²) in [6.45, 7) is 1.58. The Balaban J connectivity index is 2.63. The Bertz CT molecular complexity index is 566. The molecule has 0 aliphatic rings. The third-order valence-corrected chi connectivity index (χ3v) is 4.56. The highest BCUT2D eigenvalue weighted by molar-refractivity contribution is 7.89. The van der Waals surface area contributed by atoms with Gasteiger partial charge in [0.1, 0.15) is 0 Å². The minimum Gasteiger partial charge on any atom is -0.387 e. The predicted molar refractivity (Wildman–Crippen MR) is 77.6 cm³/mol. The minimum absolute atomic E-state index is 0.127. The van der Waals surface area contributed by atoms with Gasteiger partial charge in [0.2, 0.25) is 10.0 Å². The van der Waals surface area contributed by atoms with Crippen LogP contribution in [0.5, 0.6) is 0 Å². The molecule has 0 fully saturated rings. The van der Waals surface area contributed by atoms with Crippen molar-refractivity contribution in [2.24, 2.45) is 0 Å². The zero-order chi connectivity index (χ0) is 15.2. The van der Waals surface area contributed by atoms with Gasteiger partial charge in [-0.05, 0) is 31.0 Å². The first kappa shape index (κ1) is 16.9. The van der Waals surface area contributed by atoms with Gasteiger partial charge >= 0.3 is 0 Å². The number of aliphatic hydroxyl groups is 1. The maximum atomic E-state index is 11.8. The Labute approximate surface area is 124 Å². The normalized spacial score (nSPS) is 14.5.